The first kappa shape index (κ1) is 13.8. The lowest BCUT2D eigenvalue weighted by molar-refractivity contribution is 0.0527. The summed E-state index contributed by atoms with van der Waals surface area (Å²) in [5.74, 6) is 0.358. The van der Waals surface area contributed by atoms with Crippen molar-refractivity contribution in [3.8, 4) is 0 Å². The molecule has 1 heterocycles. The van der Waals surface area contributed by atoms with E-state index in [4.69, 9.17) is 5.73 Å². The number of fused-ring (bicyclic) bond motifs is 1. The average Bonchev–Trinajstić information content (AvgIpc) is 2.45. The number of carbonyl (C=O) groups is 1. The van der Waals surface area contributed by atoms with Crippen LogP contribution in [0, 0.1) is 0 Å². The Morgan fingerprint density at radius 1 is 1.33 bits per heavy atom. The summed E-state index contributed by atoms with van der Waals surface area (Å²) in [6.07, 6.45) is 4.70. The zero-order valence-electron chi connectivity index (χ0n) is 11.8. The van der Waals surface area contributed by atoms with E-state index in [2.05, 4.69) is 4.98 Å². The van der Waals surface area contributed by atoms with E-state index in [9.17, 15) is 9.90 Å². The third-order valence-electron chi connectivity index (χ3n) is 4.17. The van der Waals surface area contributed by atoms with Crippen molar-refractivity contribution >= 4 is 22.5 Å². The van der Waals surface area contributed by atoms with E-state index in [-0.39, 0.29) is 18.6 Å². The van der Waals surface area contributed by atoms with Crippen molar-refractivity contribution < 1.29 is 9.90 Å². The van der Waals surface area contributed by atoms with Crippen LogP contribution in [0.25, 0.3) is 10.8 Å². The number of pyridine rings is 1. The molecule has 3 N–H and O–H groups in total. The van der Waals surface area contributed by atoms with Gasteiger partial charge in [0.1, 0.15) is 5.82 Å². The SMILES string of the molecule is Nc1ncc(C(=O)N(CCO)C2CCC2)c2ccccc12. The normalized spacial score (nSPS) is 14.9. The number of nitrogen functional groups attached to an aromatic ring is 1. The molecule has 3 rings (SSSR count). The number of amides is 1. The van der Waals surface area contributed by atoms with E-state index in [0.717, 1.165) is 30.0 Å². The molecular weight excluding hydrogens is 266 g/mol. The minimum absolute atomic E-state index is 0.0252. The monoisotopic (exact) mass is 285 g/mol. The van der Waals surface area contributed by atoms with Gasteiger partial charge in [-0.25, -0.2) is 4.98 Å². The highest BCUT2D eigenvalue weighted by Gasteiger charge is 2.30. The Hall–Kier alpha value is -2.14. The second-order valence-electron chi connectivity index (χ2n) is 5.41. The lowest BCUT2D eigenvalue weighted by atomic mass is 9.90. The van der Waals surface area contributed by atoms with E-state index >= 15 is 0 Å². The van der Waals surface area contributed by atoms with Crippen molar-refractivity contribution in [1.29, 1.82) is 0 Å². The number of rotatable bonds is 4. The summed E-state index contributed by atoms with van der Waals surface area (Å²) in [6.45, 7) is 0.338. The third kappa shape index (κ3) is 2.45. The average molecular weight is 285 g/mol. The fourth-order valence-corrected chi connectivity index (χ4v) is 2.80. The summed E-state index contributed by atoms with van der Waals surface area (Å²) in [6, 6.07) is 7.76. The van der Waals surface area contributed by atoms with Crippen LogP contribution in [0.15, 0.2) is 30.5 Å². The minimum atomic E-state index is -0.0718. The number of hydrogen-bond acceptors (Lipinski definition) is 4. The van der Waals surface area contributed by atoms with Gasteiger partial charge in [0.2, 0.25) is 0 Å². The number of hydrogen-bond donors (Lipinski definition) is 2. The topological polar surface area (TPSA) is 79.5 Å². The predicted molar refractivity (Wildman–Crippen MR) is 81.9 cm³/mol. The Labute approximate surface area is 123 Å². The van der Waals surface area contributed by atoms with Crippen LogP contribution in [-0.4, -0.2) is 40.1 Å². The van der Waals surface area contributed by atoms with Crippen LogP contribution < -0.4 is 5.73 Å². The van der Waals surface area contributed by atoms with Gasteiger partial charge in [-0.2, -0.15) is 0 Å². The fraction of sp³-hybridized carbons (Fsp3) is 0.375. The first-order valence-electron chi connectivity index (χ1n) is 7.27. The summed E-state index contributed by atoms with van der Waals surface area (Å²) in [7, 11) is 0. The Bertz CT molecular complexity index is 668. The van der Waals surface area contributed by atoms with Crippen LogP contribution in [0.5, 0.6) is 0 Å². The third-order valence-corrected chi connectivity index (χ3v) is 4.17. The molecule has 21 heavy (non-hydrogen) atoms. The van der Waals surface area contributed by atoms with Crippen molar-refractivity contribution in [3.63, 3.8) is 0 Å². The molecule has 1 saturated carbocycles. The van der Waals surface area contributed by atoms with Crippen molar-refractivity contribution in [1.82, 2.24) is 9.88 Å². The quantitative estimate of drug-likeness (QED) is 0.897. The zero-order chi connectivity index (χ0) is 14.8. The highest BCUT2D eigenvalue weighted by molar-refractivity contribution is 6.09. The molecule has 1 aromatic heterocycles. The summed E-state index contributed by atoms with van der Waals surface area (Å²) >= 11 is 0. The molecule has 1 aromatic carbocycles. The molecule has 1 aliphatic carbocycles. The Morgan fingerprint density at radius 2 is 2.05 bits per heavy atom. The highest BCUT2D eigenvalue weighted by atomic mass is 16.3. The Kier molecular flexibility index (Phi) is 3.75. The van der Waals surface area contributed by atoms with Crippen molar-refractivity contribution in [2.75, 3.05) is 18.9 Å². The molecule has 2 aromatic rings. The van der Waals surface area contributed by atoms with Crippen LogP contribution in [0.4, 0.5) is 5.82 Å². The van der Waals surface area contributed by atoms with Gasteiger partial charge in [-0.05, 0) is 24.6 Å². The first-order chi connectivity index (χ1) is 10.2. The van der Waals surface area contributed by atoms with Crippen LogP contribution in [0.1, 0.15) is 29.6 Å². The van der Waals surface area contributed by atoms with Crippen LogP contribution in [0.3, 0.4) is 0 Å². The number of benzene rings is 1. The number of nitrogens with zero attached hydrogens (tertiary/aromatic N) is 2. The fourth-order valence-electron chi connectivity index (χ4n) is 2.80. The maximum atomic E-state index is 12.8. The van der Waals surface area contributed by atoms with Gasteiger partial charge in [0.05, 0.1) is 12.2 Å². The number of anilines is 1. The molecule has 1 fully saturated rings. The molecule has 0 bridgehead atoms. The summed E-state index contributed by atoms with van der Waals surface area (Å²) in [4.78, 5) is 18.7. The Balaban J connectivity index is 2.02. The largest absolute Gasteiger partial charge is 0.395 e. The predicted octanol–water partition coefficient (Wildman–Crippen LogP) is 1.80. The molecule has 0 unspecified atom stereocenters. The molecule has 0 spiro atoms. The van der Waals surface area contributed by atoms with E-state index in [0.29, 0.717) is 17.9 Å². The van der Waals surface area contributed by atoms with Crippen molar-refractivity contribution in [2.45, 2.75) is 25.3 Å². The summed E-state index contributed by atoms with van der Waals surface area (Å²) in [5, 5.41) is 10.8. The number of aromatic nitrogens is 1. The molecule has 1 amide bonds. The molecule has 1 aliphatic rings. The second-order valence-corrected chi connectivity index (χ2v) is 5.41. The van der Waals surface area contributed by atoms with Crippen molar-refractivity contribution in [3.05, 3.63) is 36.0 Å². The van der Waals surface area contributed by atoms with Gasteiger partial charge in [-0.1, -0.05) is 24.3 Å². The number of aliphatic hydroxyl groups is 1. The van der Waals surface area contributed by atoms with Gasteiger partial charge in [0.25, 0.3) is 5.91 Å². The minimum Gasteiger partial charge on any atom is -0.395 e. The summed E-state index contributed by atoms with van der Waals surface area (Å²) < 4.78 is 0. The van der Waals surface area contributed by atoms with Gasteiger partial charge in [-0.15, -0.1) is 0 Å². The van der Waals surface area contributed by atoms with Gasteiger partial charge in [-0.3, -0.25) is 4.79 Å². The van der Waals surface area contributed by atoms with Crippen molar-refractivity contribution in [2.24, 2.45) is 0 Å². The van der Waals surface area contributed by atoms with E-state index in [1.54, 1.807) is 11.1 Å². The van der Waals surface area contributed by atoms with Crippen LogP contribution in [0.2, 0.25) is 0 Å². The van der Waals surface area contributed by atoms with Gasteiger partial charge >= 0.3 is 0 Å². The van der Waals surface area contributed by atoms with E-state index in [1.807, 2.05) is 24.3 Å². The van der Waals surface area contributed by atoms with Gasteiger partial charge in [0.15, 0.2) is 0 Å². The van der Waals surface area contributed by atoms with Crippen LogP contribution >= 0.6 is 0 Å². The molecule has 5 nitrogen and oxygen atoms in total. The number of aliphatic hydroxyl groups excluding tert-OH is 1. The second kappa shape index (κ2) is 5.69. The van der Waals surface area contributed by atoms with E-state index < -0.39 is 0 Å². The summed E-state index contributed by atoms with van der Waals surface area (Å²) in [5.41, 5.74) is 6.44. The lowest BCUT2D eigenvalue weighted by Gasteiger charge is -2.37. The first-order valence-corrected chi connectivity index (χ1v) is 7.27. The molecule has 0 aliphatic heterocycles. The zero-order valence-corrected chi connectivity index (χ0v) is 11.8. The van der Waals surface area contributed by atoms with Gasteiger partial charge < -0.3 is 15.7 Å². The lowest BCUT2D eigenvalue weighted by Crippen LogP contribution is -2.45. The maximum Gasteiger partial charge on any atom is 0.256 e. The maximum absolute atomic E-state index is 12.8. The molecule has 0 saturated heterocycles. The molecule has 5 heteroatoms. The number of carbonyl (C=O) groups excluding carboxylic acids is 1. The molecule has 0 radical (unpaired) electrons. The molecule has 0 atom stereocenters. The number of nitrogens with two attached hydrogens (primary N) is 1. The molecular formula is C16H19N3O2. The van der Waals surface area contributed by atoms with Crippen LogP contribution in [-0.2, 0) is 0 Å². The highest BCUT2D eigenvalue weighted by Crippen LogP contribution is 2.28. The standard InChI is InChI=1S/C16H19N3O2/c17-15-13-7-2-1-6-12(13)14(10-18-15)16(21)19(8-9-20)11-4-3-5-11/h1-2,6-7,10-11,20H,3-5,8-9H2,(H2,17,18). The van der Waals surface area contributed by atoms with E-state index in [1.165, 1.54) is 0 Å². The molecule has 110 valence electrons. The smallest absolute Gasteiger partial charge is 0.256 e. The Morgan fingerprint density at radius 3 is 2.67 bits per heavy atom. The van der Waals surface area contributed by atoms with Gasteiger partial charge in [0, 0.05) is 24.2 Å².